The Morgan fingerprint density at radius 2 is 2.00 bits per heavy atom. The fourth-order valence-electron chi connectivity index (χ4n) is 1.47. The van der Waals surface area contributed by atoms with E-state index in [1.807, 2.05) is 13.8 Å². The second-order valence-corrected chi connectivity index (χ2v) is 3.15. The van der Waals surface area contributed by atoms with Gasteiger partial charge in [-0.05, 0) is 18.2 Å². The molecule has 5 heteroatoms. The number of methoxy groups -OCH3 is 1. The van der Waals surface area contributed by atoms with E-state index < -0.39 is 5.97 Å². The fraction of sp³-hybridized carbons (Fsp3) is 0.231. The van der Waals surface area contributed by atoms with Crippen molar-refractivity contribution in [3.8, 4) is 5.75 Å². The molecule has 0 aliphatic rings. The minimum absolute atomic E-state index is 0.409. The van der Waals surface area contributed by atoms with E-state index in [4.69, 9.17) is 10.7 Å². The molecule has 0 aliphatic heterocycles. The number of hydrogen-bond donors (Lipinski definition) is 1. The normalized spacial score (nSPS) is 9.33. The van der Waals surface area contributed by atoms with Gasteiger partial charge >= 0.3 is 5.97 Å². The predicted octanol–water partition coefficient (Wildman–Crippen LogP) is 2.30. The molecule has 0 fully saturated rings. The third kappa shape index (κ3) is 2.75. The summed E-state index contributed by atoms with van der Waals surface area (Å²) in [4.78, 5) is 20.2. The van der Waals surface area contributed by atoms with Crippen molar-refractivity contribution in [3.63, 3.8) is 0 Å². The van der Waals surface area contributed by atoms with Gasteiger partial charge in [-0.1, -0.05) is 13.8 Å². The molecule has 0 atom stereocenters. The number of aromatic nitrogens is 1. The number of pyridine rings is 1. The minimum Gasteiger partial charge on any atom is -0.465 e. The highest BCUT2D eigenvalue weighted by atomic mass is 16.6. The summed E-state index contributed by atoms with van der Waals surface area (Å²) in [5.41, 5.74) is 1.14. The highest BCUT2D eigenvalue weighted by Gasteiger charge is 2.09. The number of nitrogens with two attached hydrogens (primary N) is 1. The summed E-state index contributed by atoms with van der Waals surface area (Å²) < 4.78 is 4.63. The van der Waals surface area contributed by atoms with E-state index in [1.165, 1.54) is 7.11 Å². The zero-order valence-electron chi connectivity index (χ0n) is 10.6. The summed E-state index contributed by atoms with van der Waals surface area (Å²) in [5, 5.41) is 0.674. The number of esters is 1. The standard InChI is InChI=1S/C11H10N2O3.C2H6/c1-15-11(14)7-2-3-9-8(6-7)10(16-12)4-5-13-9;1-2/h2-6H,12H2,1H3;1-2H3. The Balaban J connectivity index is 0.000000771. The summed E-state index contributed by atoms with van der Waals surface area (Å²) in [6.45, 7) is 4.00. The fourth-order valence-corrected chi connectivity index (χ4v) is 1.47. The van der Waals surface area contributed by atoms with Crippen molar-refractivity contribution in [2.45, 2.75) is 13.8 Å². The minimum atomic E-state index is -0.409. The molecule has 0 saturated heterocycles. The van der Waals surface area contributed by atoms with Crippen LogP contribution in [0.15, 0.2) is 30.5 Å². The van der Waals surface area contributed by atoms with Crippen LogP contribution in [-0.4, -0.2) is 18.1 Å². The van der Waals surface area contributed by atoms with Gasteiger partial charge in [0.1, 0.15) is 0 Å². The molecule has 1 aromatic carbocycles. The van der Waals surface area contributed by atoms with Crippen molar-refractivity contribution < 1.29 is 14.4 Å². The first-order chi connectivity index (χ1) is 8.76. The van der Waals surface area contributed by atoms with E-state index in [9.17, 15) is 4.79 Å². The Bertz CT molecular complexity index is 541. The van der Waals surface area contributed by atoms with Gasteiger partial charge in [0.2, 0.25) is 0 Å². The molecule has 2 N–H and O–H groups in total. The second-order valence-electron chi connectivity index (χ2n) is 3.15. The maximum atomic E-state index is 11.3. The number of benzene rings is 1. The van der Waals surface area contributed by atoms with Crippen LogP contribution in [0.2, 0.25) is 0 Å². The van der Waals surface area contributed by atoms with E-state index in [2.05, 4.69) is 9.72 Å². The first-order valence-corrected chi connectivity index (χ1v) is 5.60. The molecular weight excluding hydrogens is 232 g/mol. The number of rotatable bonds is 2. The molecule has 0 unspecified atom stereocenters. The van der Waals surface area contributed by atoms with E-state index in [0.29, 0.717) is 22.2 Å². The number of carbonyl (C=O) groups excluding carboxylic acids is 1. The maximum Gasteiger partial charge on any atom is 0.337 e. The Kier molecular flexibility index (Phi) is 5.07. The maximum absolute atomic E-state index is 11.3. The summed E-state index contributed by atoms with van der Waals surface area (Å²) in [6, 6.07) is 6.62. The van der Waals surface area contributed by atoms with Gasteiger partial charge in [-0.15, -0.1) is 0 Å². The van der Waals surface area contributed by atoms with Crippen molar-refractivity contribution in [2.75, 3.05) is 7.11 Å². The number of hydrogen-bond acceptors (Lipinski definition) is 5. The first kappa shape index (κ1) is 13.9. The first-order valence-electron chi connectivity index (χ1n) is 5.60. The van der Waals surface area contributed by atoms with Gasteiger partial charge in [0.25, 0.3) is 0 Å². The van der Waals surface area contributed by atoms with E-state index in [-0.39, 0.29) is 0 Å². The second kappa shape index (κ2) is 6.56. The van der Waals surface area contributed by atoms with Gasteiger partial charge in [0.05, 0.1) is 18.2 Å². The lowest BCUT2D eigenvalue weighted by molar-refractivity contribution is 0.0601. The monoisotopic (exact) mass is 248 g/mol. The smallest absolute Gasteiger partial charge is 0.337 e. The lowest BCUT2D eigenvalue weighted by atomic mass is 10.1. The molecule has 5 nitrogen and oxygen atoms in total. The van der Waals surface area contributed by atoms with Crippen LogP contribution in [0.4, 0.5) is 0 Å². The zero-order valence-corrected chi connectivity index (χ0v) is 10.6. The number of ether oxygens (including phenoxy) is 1. The van der Waals surface area contributed by atoms with Gasteiger partial charge < -0.3 is 9.57 Å². The van der Waals surface area contributed by atoms with Crippen LogP contribution in [0.25, 0.3) is 10.9 Å². The molecule has 2 rings (SSSR count). The zero-order chi connectivity index (χ0) is 13.5. The lowest BCUT2D eigenvalue weighted by Gasteiger charge is -2.05. The number of fused-ring (bicyclic) bond motifs is 1. The molecule has 1 aromatic heterocycles. The molecule has 0 amide bonds. The molecule has 0 bridgehead atoms. The van der Waals surface area contributed by atoms with E-state index in [0.717, 1.165) is 0 Å². The van der Waals surface area contributed by atoms with Crippen molar-refractivity contribution in [1.82, 2.24) is 4.98 Å². The molecule has 18 heavy (non-hydrogen) atoms. The molecule has 0 aliphatic carbocycles. The summed E-state index contributed by atoms with van der Waals surface area (Å²) in [6.07, 6.45) is 1.59. The van der Waals surface area contributed by atoms with Gasteiger partial charge in [-0.2, -0.15) is 5.90 Å². The molecule has 1 heterocycles. The highest BCUT2D eigenvalue weighted by Crippen LogP contribution is 2.24. The topological polar surface area (TPSA) is 74.4 Å². The van der Waals surface area contributed by atoms with Crippen LogP contribution < -0.4 is 10.7 Å². The third-order valence-corrected chi connectivity index (χ3v) is 2.25. The predicted molar refractivity (Wildman–Crippen MR) is 69.2 cm³/mol. The Morgan fingerprint density at radius 3 is 2.61 bits per heavy atom. The Hall–Kier alpha value is -2.14. The van der Waals surface area contributed by atoms with Crippen LogP contribution in [0, 0.1) is 0 Å². The summed E-state index contributed by atoms with van der Waals surface area (Å²) in [7, 11) is 1.33. The van der Waals surface area contributed by atoms with Gasteiger partial charge in [-0.25, -0.2) is 4.79 Å². The van der Waals surface area contributed by atoms with Gasteiger partial charge in [-0.3, -0.25) is 4.98 Å². The SMILES string of the molecule is CC.COC(=O)c1ccc2nccc(ON)c2c1. The summed E-state index contributed by atoms with van der Waals surface area (Å²) in [5.74, 6) is 5.19. The van der Waals surface area contributed by atoms with E-state index in [1.54, 1.807) is 30.5 Å². The molecular formula is C13H16N2O3. The van der Waals surface area contributed by atoms with Crippen LogP contribution in [0.3, 0.4) is 0 Å². The van der Waals surface area contributed by atoms with Crippen molar-refractivity contribution >= 4 is 16.9 Å². The third-order valence-electron chi connectivity index (χ3n) is 2.25. The molecule has 2 aromatic rings. The van der Waals surface area contributed by atoms with E-state index >= 15 is 0 Å². The molecule has 0 spiro atoms. The van der Waals surface area contributed by atoms with Crippen LogP contribution >= 0.6 is 0 Å². The van der Waals surface area contributed by atoms with Gasteiger partial charge in [0, 0.05) is 17.6 Å². The average molecular weight is 248 g/mol. The van der Waals surface area contributed by atoms with Crippen LogP contribution in [0.1, 0.15) is 24.2 Å². The van der Waals surface area contributed by atoms with Crippen molar-refractivity contribution in [3.05, 3.63) is 36.0 Å². The van der Waals surface area contributed by atoms with Gasteiger partial charge in [0.15, 0.2) is 5.75 Å². The molecule has 96 valence electrons. The number of carbonyl (C=O) groups is 1. The molecule has 0 saturated carbocycles. The Morgan fingerprint density at radius 1 is 1.28 bits per heavy atom. The van der Waals surface area contributed by atoms with Crippen LogP contribution in [0.5, 0.6) is 5.75 Å². The Labute approximate surface area is 105 Å². The van der Waals surface area contributed by atoms with Crippen LogP contribution in [-0.2, 0) is 4.74 Å². The summed E-state index contributed by atoms with van der Waals surface area (Å²) >= 11 is 0. The molecule has 0 radical (unpaired) electrons. The largest absolute Gasteiger partial charge is 0.465 e. The van der Waals surface area contributed by atoms with Crippen molar-refractivity contribution in [2.24, 2.45) is 5.90 Å². The highest BCUT2D eigenvalue weighted by molar-refractivity contribution is 5.96. The average Bonchev–Trinajstić information content (AvgIpc) is 2.47. The number of nitrogens with zero attached hydrogens (tertiary/aromatic N) is 1. The van der Waals surface area contributed by atoms with Crippen molar-refractivity contribution in [1.29, 1.82) is 0 Å². The lowest BCUT2D eigenvalue weighted by Crippen LogP contribution is -2.04. The quantitative estimate of drug-likeness (QED) is 0.652.